The number of thiophene rings is 1. The standard InChI is InChI=1S/C25H31N3O4S/c1-4-18(3)26-22(29)20-16-32-25(28(20)23(30)19-9-6-5-8-17(19)2)11-13-27(14-12-25)24(31)21-10-7-15-33-21/h5-10,15,18,20H,4,11-14,16H2,1-3H3,(H,26,29). The van der Waals surface area contributed by atoms with Crippen molar-refractivity contribution in [3.05, 3.63) is 57.8 Å². The maximum Gasteiger partial charge on any atom is 0.263 e. The number of rotatable bonds is 5. The predicted octanol–water partition coefficient (Wildman–Crippen LogP) is 3.44. The number of hydrogen-bond donors (Lipinski definition) is 1. The molecule has 3 amide bonds. The highest BCUT2D eigenvalue weighted by Gasteiger charge is 2.54. The Morgan fingerprint density at radius 3 is 2.52 bits per heavy atom. The van der Waals surface area contributed by atoms with Gasteiger partial charge < -0.3 is 15.0 Å². The fourth-order valence-corrected chi connectivity index (χ4v) is 5.26. The molecule has 2 saturated heterocycles. The third-order valence-electron chi connectivity index (χ3n) is 6.72. The Balaban J connectivity index is 1.60. The van der Waals surface area contributed by atoms with Gasteiger partial charge in [0.1, 0.15) is 11.8 Å². The van der Waals surface area contributed by atoms with Gasteiger partial charge in [-0.15, -0.1) is 11.3 Å². The van der Waals surface area contributed by atoms with Crippen LogP contribution in [0, 0.1) is 6.92 Å². The molecular weight excluding hydrogens is 438 g/mol. The summed E-state index contributed by atoms with van der Waals surface area (Å²) >= 11 is 1.42. The van der Waals surface area contributed by atoms with E-state index in [0.717, 1.165) is 12.0 Å². The van der Waals surface area contributed by atoms with Crippen LogP contribution in [0.2, 0.25) is 0 Å². The molecule has 1 aromatic carbocycles. The molecule has 4 rings (SSSR count). The number of hydrogen-bond acceptors (Lipinski definition) is 5. The van der Waals surface area contributed by atoms with Crippen LogP contribution in [-0.4, -0.2) is 65.0 Å². The molecule has 0 radical (unpaired) electrons. The van der Waals surface area contributed by atoms with Crippen LogP contribution in [0.1, 0.15) is 58.7 Å². The molecule has 3 heterocycles. The summed E-state index contributed by atoms with van der Waals surface area (Å²) in [4.78, 5) is 43.9. The first kappa shape index (κ1) is 23.4. The zero-order valence-corrected chi connectivity index (χ0v) is 20.2. The fraction of sp³-hybridized carbons (Fsp3) is 0.480. The second-order valence-corrected chi connectivity index (χ2v) is 9.80. The van der Waals surface area contributed by atoms with Crippen LogP contribution in [0.15, 0.2) is 41.8 Å². The van der Waals surface area contributed by atoms with Gasteiger partial charge in [0.25, 0.3) is 11.8 Å². The monoisotopic (exact) mass is 469 g/mol. The van der Waals surface area contributed by atoms with Crippen molar-refractivity contribution < 1.29 is 19.1 Å². The first-order valence-electron chi connectivity index (χ1n) is 11.5. The van der Waals surface area contributed by atoms with Gasteiger partial charge in [-0.1, -0.05) is 31.2 Å². The van der Waals surface area contributed by atoms with E-state index < -0.39 is 11.8 Å². The van der Waals surface area contributed by atoms with Crippen LogP contribution in [0.25, 0.3) is 0 Å². The second-order valence-electron chi connectivity index (χ2n) is 8.85. The largest absolute Gasteiger partial charge is 0.353 e. The highest BCUT2D eigenvalue weighted by molar-refractivity contribution is 7.12. The Hall–Kier alpha value is -2.71. The number of nitrogens with zero attached hydrogens (tertiary/aromatic N) is 2. The Morgan fingerprint density at radius 2 is 1.88 bits per heavy atom. The van der Waals surface area contributed by atoms with E-state index in [1.807, 2.05) is 61.4 Å². The zero-order chi connectivity index (χ0) is 23.6. The van der Waals surface area contributed by atoms with E-state index in [-0.39, 0.29) is 30.4 Å². The Bertz CT molecular complexity index is 1010. The summed E-state index contributed by atoms with van der Waals surface area (Å²) in [5, 5.41) is 4.90. The first-order valence-corrected chi connectivity index (χ1v) is 12.4. The second kappa shape index (κ2) is 9.65. The number of likely N-dealkylation sites (tertiary alicyclic amines) is 1. The number of piperidine rings is 1. The maximum atomic E-state index is 13.8. The smallest absolute Gasteiger partial charge is 0.263 e. The molecule has 1 N–H and O–H groups in total. The number of carbonyl (C=O) groups excluding carboxylic acids is 3. The van der Waals surface area contributed by atoms with Crippen LogP contribution in [-0.2, 0) is 9.53 Å². The van der Waals surface area contributed by atoms with E-state index in [1.165, 1.54) is 11.3 Å². The van der Waals surface area contributed by atoms with Gasteiger partial charge in [-0.2, -0.15) is 0 Å². The summed E-state index contributed by atoms with van der Waals surface area (Å²) < 4.78 is 6.25. The number of aryl methyl sites for hydroxylation is 1. The normalized spacial score (nSPS) is 20.6. The SMILES string of the molecule is CCC(C)NC(=O)C1COC2(CCN(C(=O)c3cccs3)CC2)N1C(=O)c1ccccc1C. The quantitative estimate of drug-likeness (QED) is 0.728. The molecule has 1 aromatic heterocycles. The number of carbonyl (C=O) groups is 3. The lowest BCUT2D eigenvalue weighted by atomic mass is 9.95. The number of nitrogens with one attached hydrogen (secondary N) is 1. The van der Waals surface area contributed by atoms with E-state index >= 15 is 0 Å². The lowest BCUT2D eigenvalue weighted by molar-refractivity contribution is -0.128. The average Bonchev–Trinajstić information content (AvgIpc) is 3.48. The molecular formula is C25H31N3O4S. The predicted molar refractivity (Wildman–Crippen MR) is 127 cm³/mol. The molecule has 2 fully saturated rings. The summed E-state index contributed by atoms with van der Waals surface area (Å²) in [6.45, 7) is 6.94. The lowest BCUT2D eigenvalue weighted by Crippen LogP contribution is -2.60. The molecule has 2 aliphatic heterocycles. The summed E-state index contributed by atoms with van der Waals surface area (Å²) in [6.07, 6.45) is 1.74. The Morgan fingerprint density at radius 1 is 1.15 bits per heavy atom. The topological polar surface area (TPSA) is 79.0 Å². The molecule has 0 aliphatic carbocycles. The average molecular weight is 470 g/mol. The maximum absolute atomic E-state index is 13.8. The summed E-state index contributed by atoms with van der Waals surface area (Å²) in [7, 11) is 0. The molecule has 1 spiro atoms. The molecule has 2 aliphatic rings. The number of benzene rings is 1. The molecule has 7 nitrogen and oxygen atoms in total. The molecule has 2 unspecified atom stereocenters. The number of ether oxygens (including phenoxy) is 1. The van der Waals surface area contributed by atoms with E-state index in [4.69, 9.17) is 4.74 Å². The first-order chi connectivity index (χ1) is 15.9. The molecule has 0 saturated carbocycles. The summed E-state index contributed by atoms with van der Waals surface area (Å²) in [6, 6.07) is 10.4. The van der Waals surface area contributed by atoms with E-state index in [1.54, 1.807) is 11.0 Å². The van der Waals surface area contributed by atoms with E-state index in [9.17, 15) is 14.4 Å². The summed E-state index contributed by atoms with van der Waals surface area (Å²) in [5.74, 6) is -0.395. The van der Waals surface area contributed by atoms with Gasteiger partial charge in [0.05, 0.1) is 11.5 Å². The van der Waals surface area contributed by atoms with Gasteiger partial charge in [-0.05, 0) is 43.3 Å². The Kier molecular flexibility index (Phi) is 6.86. The van der Waals surface area contributed by atoms with Gasteiger partial charge in [-0.3, -0.25) is 19.3 Å². The molecule has 176 valence electrons. The van der Waals surface area contributed by atoms with Crippen molar-refractivity contribution in [2.24, 2.45) is 0 Å². The third-order valence-corrected chi connectivity index (χ3v) is 7.58. The fourth-order valence-electron chi connectivity index (χ4n) is 4.57. The van der Waals surface area contributed by atoms with E-state index in [0.29, 0.717) is 36.4 Å². The van der Waals surface area contributed by atoms with Gasteiger partial charge in [0.15, 0.2) is 0 Å². The van der Waals surface area contributed by atoms with Crippen molar-refractivity contribution in [3.8, 4) is 0 Å². The zero-order valence-electron chi connectivity index (χ0n) is 19.4. The molecule has 0 bridgehead atoms. The summed E-state index contributed by atoms with van der Waals surface area (Å²) in [5.41, 5.74) is 0.528. The molecule has 8 heteroatoms. The Labute approximate surface area is 198 Å². The van der Waals surface area contributed by atoms with Gasteiger partial charge in [0.2, 0.25) is 5.91 Å². The van der Waals surface area contributed by atoms with Crippen molar-refractivity contribution in [3.63, 3.8) is 0 Å². The molecule has 33 heavy (non-hydrogen) atoms. The number of amides is 3. The minimum absolute atomic E-state index is 0.000640. The third kappa shape index (κ3) is 4.54. The van der Waals surface area contributed by atoms with Crippen LogP contribution in [0.4, 0.5) is 0 Å². The van der Waals surface area contributed by atoms with Crippen LogP contribution in [0.3, 0.4) is 0 Å². The van der Waals surface area contributed by atoms with Gasteiger partial charge >= 0.3 is 0 Å². The lowest BCUT2D eigenvalue weighted by Gasteiger charge is -2.44. The minimum Gasteiger partial charge on any atom is -0.353 e. The van der Waals surface area contributed by atoms with Crippen LogP contribution in [0.5, 0.6) is 0 Å². The minimum atomic E-state index is -0.900. The van der Waals surface area contributed by atoms with Crippen molar-refractivity contribution in [1.29, 1.82) is 0 Å². The highest BCUT2D eigenvalue weighted by atomic mass is 32.1. The van der Waals surface area contributed by atoms with Crippen LogP contribution >= 0.6 is 11.3 Å². The highest BCUT2D eigenvalue weighted by Crippen LogP contribution is 2.39. The van der Waals surface area contributed by atoms with Crippen molar-refractivity contribution in [2.75, 3.05) is 19.7 Å². The van der Waals surface area contributed by atoms with Crippen molar-refractivity contribution >= 4 is 29.1 Å². The van der Waals surface area contributed by atoms with Gasteiger partial charge in [-0.25, -0.2) is 0 Å². The van der Waals surface area contributed by atoms with E-state index in [2.05, 4.69) is 5.32 Å². The van der Waals surface area contributed by atoms with Crippen molar-refractivity contribution in [2.45, 2.75) is 57.8 Å². The van der Waals surface area contributed by atoms with Gasteiger partial charge in [0, 0.05) is 37.5 Å². The molecule has 2 aromatic rings. The molecule has 2 atom stereocenters. The van der Waals surface area contributed by atoms with Crippen molar-refractivity contribution in [1.82, 2.24) is 15.1 Å². The van der Waals surface area contributed by atoms with Crippen LogP contribution < -0.4 is 5.32 Å².